The first-order chi connectivity index (χ1) is 13.7. The third kappa shape index (κ3) is 2.70. The van der Waals surface area contributed by atoms with Gasteiger partial charge >= 0.3 is 0 Å². The van der Waals surface area contributed by atoms with Crippen LogP contribution in [0.2, 0.25) is 0 Å². The predicted molar refractivity (Wildman–Crippen MR) is 94.4 cm³/mol. The molecule has 9 heteroatoms. The minimum atomic E-state index is -0.435. The highest BCUT2D eigenvalue weighted by atomic mass is 19.1. The molecule has 28 heavy (non-hydrogen) atoms. The quantitative estimate of drug-likeness (QED) is 0.688. The number of morpholine rings is 1. The number of carbonyl (C=O) groups is 1. The highest BCUT2D eigenvalue weighted by Crippen LogP contribution is 2.31. The fourth-order valence-corrected chi connectivity index (χ4v) is 3.95. The van der Waals surface area contributed by atoms with Crippen molar-refractivity contribution in [2.24, 2.45) is 0 Å². The number of amides is 1. The SMILES string of the molecule is O=C(c1nn(-c2ccccc2F)c2c1CCC2)N1CCOC[C@@H]1c1ncon1. The van der Waals surface area contributed by atoms with Crippen LogP contribution in [0, 0.1) is 5.82 Å². The van der Waals surface area contributed by atoms with Gasteiger partial charge in [-0.3, -0.25) is 4.79 Å². The Balaban J connectivity index is 1.55. The molecule has 3 aromatic rings. The zero-order valence-electron chi connectivity index (χ0n) is 15.0. The summed E-state index contributed by atoms with van der Waals surface area (Å²) in [6.07, 6.45) is 3.67. The van der Waals surface area contributed by atoms with Crippen LogP contribution in [0.15, 0.2) is 35.2 Å². The lowest BCUT2D eigenvalue weighted by atomic mass is 10.1. The Morgan fingerprint density at radius 3 is 2.96 bits per heavy atom. The van der Waals surface area contributed by atoms with Crippen molar-refractivity contribution in [1.29, 1.82) is 0 Å². The van der Waals surface area contributed by atoms with Crippen molar-refractivity contribution in [3.63, 3.8) is 0 Å². The molecular formula is C19H18FN5O3. The van der Waals surface area contributed by atoms with E-state index in [1.807, 2.05) is 0 Å². The van der Waals surface area contributed by atoms with E-state index in [0.29, 0.717) is 37.0 Å². The maximum Gasteiger partial charge on any atom is 0.275 e. The minimum absolute atomic E-state index is 0.216. The van der Waals surface area contributed by atoms with E-state index < -0.39 is 6.04 Å². The summed E-state index contributed by atoms with van der Waals surface area (Å²) in [5.41, 5.74) is 2.52. The molecule has 1 fully saturated rings. The van der Waals surface area contributed by atoms with E-state index in [4.69, 9.17) is 9.26 Å². The summed E-state index contributed by atoms with van der Waals surface area (Å²) in [4.78, 5) is 19.2. The van der Waals surface area contributed by atoms with Crippen LogP contribution in [0.4, 0.5) is 4.39 Å². The number of aromatic nitrogens is 4. The summed E-state index contributed by atoms with van der Waals surface area (Å²) < 4.78 is 26.3. The maximum absolute atomic E-state index is 14.4. The second-order valence-electron chi connectivity index (χ2n) is 6.87. The molecule has 1 aliphatic heterocycles. The number of hydrogen-bond donors (Lipinski definition) is 0. The van der Waals surface area contributed by atoms with Gasteiger partial charge in [0.25, 0.3) is 5.91 Å². The van der Waals surface area contributed by atoms with Crippen LogP contribution in [0.1, 0.15) is 40.0 Å². The van der Waals surface area contributed by atoms with Gasteiger partial charge in [-0.1, -0.05) is 17.3 Å². The molecule has 0 saturated carbocycles. The second-order valence-corrected chi connectivity index (χ2v) is 6.87. The van der Waals surface area contributed by atoms with Crippen molar-refractivity contribution in [2.45, 2.75) is 25.3 Å². The molecule has 1 saturated heterocycles. The predicted octanol–water partition coefficient (Wildman–Crippen LogP) is 2.10. The van der Waals surface area contributed by atoms with Gasteiger partial charge in [-0.05, 0) is 31.4 Å². The van der Waals surface area contributed by atoms with E-state index in [1.165, 1.54) is 12.5 Å². The number of ether oxygens (including phenoxy) is 1. The van der Waals surface area contributed by atoms with Gasteiger partial charge in [0, 0.05) is 17.8 Å². The van der Waals surface area contributed by atoms with Crippen LogP contribution in [-0.4, -0.2) is 50.5 Å². The van der Waals surface area contributed by atoms with Gasteiger partial charge in [-0.15, -0.1) is 0 Å². The second kappa shape index (κ2) is 6.83. The van der Waals surface area contributed by atoms with Gasteiger partial charge in [0.15, 0.2) is 11.5 Å². The molecule has 0 unspecified atom stereocenters. The van der Waals surface area contributed by atoms with Crippen molar-refractivity contribution in [3.8, 4) is 5.69 Å². The summed E-state index contributed by atoms with van der Waals surface area (Å²) >= 11 is 0. The first-order valence-electron chi connectivity index (χ1n) is 9.24. The van der Waals surface area contributed by atoms with Crippen LogP contribution >= 0.6 is 0 Å². The van der Waals surface area contributed by atoms with Crippen molar-refractivity contribution < 1.29 is 18.4 Å². The molecule has 1 aromatic carbocycles. The van der Waals surface area contributed by atoms with E-state index in [1.54, 1.807) is 27.8 Å². The number of rotatable bonds is 3. The zero-order chi connectivity index (χ0) is 19.1. The molecule has 5 rings (SSSR count). The first-order valence-corrected chi connectivity index (χ1v) is 9.24. The van der Waals surface area contributed by atoms with Gasteiger partial charge in [0.1, 0.15) is 17.5 Å². The summed E-state index contributed by atoms with van der Waals surface area (Å²) in [6, 6.07) is 6.03. The Bertz CT molecular complexity index is 1020. The summed E-state index contributed by atoms with van der Waals surface area (Å²) in [5, 5.41) is 8.40. The van der Waals surface area contributed by atoms with Crippen LogP contribution in [0.5, 0.6) is 0 Å². The van der Waals surface area contributed by atoms with Gasteiger partial charge in [0.05, 0.1) is 13.2 Å². The monoisotopic (exact) mass is 383 g/mol. The first kappa shape index (κ1) is 17.1. The molecule has 2 aromatic heterocycles. The van der Waals surface area contributed by atoms with Gasteiger partial charge in [-0.25, -0.2) is 9.07 Å². The Labute approximate surface area is 159 Å². The minimum Gasteiger partial charge on any atom is -0.377 e. The summed E-state index contributed by atoms with van der Waals surface area (Å²) in [6.45, 7) is 1.12. The highest BCUT2D eigenvalue weighted by Gasteiger charge is 2.36. The van der Waals surface area contributed by atoms with Crippen molar-refractivity contribution in [1.82, 2.24) is 24.8 Å². The largest absolute Gasteiger partial charge is 0.377 e. The lowest BCUT2D eigenvalue weighted by Crippen LogP contribution is -2.44. The Morgan fingerprint density at radius 2 is 2.14 bits per heavy atom. The van der Waals surface area contributed by atoms with Crippen LogP contribution in [-0.2, 0) is 17.6 Å². The molecule has 1 atom stereocenters. The normalized spacial score (nSPS) is 19.0. The molecule has 0 bridgehead atoms. The molecule has 0 N–H and O–H groups in total. The average molecular weight is 383 g/mol. The van der Waals surface area contributed by atoms with Crippen molar-refractivity contribution in [3.05, 3.63) is 59.3 Å². The van der Waals surface area contributed by atoms with E-state index in [0.717, 1.165) is 30.5 Å². The average Bonchev–Trinajstić information content (AvgIpc) is 3.46. The Morgan fingerprint density at radius 1 is 1.25 bits per heavy atom. The maximum atomic E-state index is 14.4. The van der Waals surface area contributed by atoms with Crippen LogP contribution < -0.4 is 0 Å². The third-order valence-corrected chi connectivity index (χ3v) is 5.28. The van der Waals surface area contributed by atoms with E-state index in [2.05, 4.69) is 15.2 Å². The lowest BCUT2D eigenvalue weighted by molar-refractivity contribution is -0.00615. The van der Waals surface area contributed by atoms with E-state index in [-0.39, 0.29) is 11.7 Å². The molecular weight excluding hydrogens is 365 g/mol. The topological polar surface area (TPSA) is 86.3 Å². The Hall–Kier alpha value is -3.07. The molecule has 144 valence electrons. The molecule has 2 aliphatic rings. The summed E-state index contributed by atoms with van der Waals surface area (Å²) in [5.74, 6) is -0.181. The standard InChI is InChI=1S/C19H18FN5O3/c20-13-5-1-2-6-15(13)25-14-7-3-4-12(14)17(22-25)19(26)24-8-9-27-10-16(24)18-21-11-28-23-18/h1-2,5-6,11,16H,3-4,7-10H2/t16-/m1/s1. The van der Waals surface area contributed by atoms with Gasteiger partial charge < -0.3 is 14.2 Å². The molecule has 1 amide bonds. The number of benzene rings is 1. The van der Waals surface area contributed by atoms with Crippen LogP contribution in [0.3, 0.4) is 0 Å². The molecule has 3 heterocycles. The number of hydrogen-bond acceptors (Lipinski definition) is 6. The van der Waals surface area contributed by atoms with Crippen LogP contribution in [0.25, 0.3) is 5.69 Å². The number of carbonyl (C=O) groups excluding carboxylic acids is 1. The zero-order valence-corrected chi connectivity index (χ0v) is 15.0. The van der Waals surface area contributed by atoms with Gasteiger partial charge in [-0.2, -0.15) is 10.1 Å². The number of nitrogens with zero attached hydrogens (tertiary/aromatic N) is 5. The fourth-order valence-electron chi connectivity index (χ4n) is 3.95. The molecule has 0 radical (unpaired) electrons. The number of fused-ring (bicyclic) bond motifs is 1. The van der Waals surface area contributed by atoms with E-state index >= 15 is 0 Å². The third-order valence-electron chi connectivity index (χ3n) is 5.28. The molecule has 8 nitrogen and oxygen atoms in total. The number of para-hydroxylation sites is 1. The highest BCUT2D eigenvalue weighted by molar-refractivity contribution is 5.94. The molecule has 0 spiro atoms. The number of halogens is 1. The van der Waals surface area contributed by atoms with Crippen molar-refractivity contribution >= 4 is 5.91 Å². The lowest BCUT2D eigenvalue weighted by Gasteiger charge is -2.33. The Kier molecular flexibility index (Phi) is 4.16. The van der Waals surface area contributed by atoms with Crippen molar-refractivity contribution in [2.75, 3.05) is 19.8 Å². The molecule has 1 aliphatic carbocycles. The van der Waals surface area contributed by atoms with E-state index in [9.17, 15) is 9.18 Å². The smallest absolute Gasteiger partial charge is 0.275 e. The van der Waals surface area contributed by atoms with Gasteiger partial charge in [0.2, 0.25) is 6.39 Å². The summed E-state index contributed by atoms with van der Waals surface area (Å²) in [7, 11) is 0. The fraction of sp³-hybridized carbons (Fsp3) is 0.368.